The average molecular weight is 475 g/mol. The van der Waals surface area contributed by atoms with Gasteiger partial charge in [0.15, 0.2) is 0 Å². The summed E-state index contributed by atoms with van der Waals surface area (Å²) in [5.74, 6) is 0.371. The van der Waals surface area contributed by atoms with Gasteiger partial charge in [0, 0.05) is 28.7 Å². The Labute approximate surface area is 196 Å². The standard InChI is InChI=1S/C23H24Cl2N4O3/c1-15-13-28-29(8-9-32-20-6-4-18(24)5-7-20)23(31)21(15)11-22(30)27-14-17-10-19(25)3-2-16(17)12-26/h2-7,10,13H,8-9,11-12,14,26H2,1H3,(H,27,30). The molecule has 1 aromatic heterocycles. The molecule has 32 heavy (non-hydrogen) atoms. The minimum absolute atomic E-state index is 0.0518. The van der Waals surface area contributed by atoms with Crippen molar-refractivity contribution in [3.05, 3.63) is 91.3 Å². The number of rotatable bonds is 9. The quantitative estimate of drug-likeness (QED) is 0.495. The van der Waals surface area contributed by atoms with Crippen LogP contribution in [-0.4, -0.2) is 22.3 Å². The van der Waals surface area contributed by atoms with E-state index in [0.717, 1.165) is 11.1 Å². The first kappa shape index (κ1) is 23.8. The van der Waals surface area contributed by atoms with Crippen LogP contribution in [0.3, 0.4) is 0 Å². The second-order valence-electron chi connectivity index (χ2n) is 7.21. The largest absolute Gasteiger partial charge is 0.492 e. The third-order valence-corrected chi connectivity index (χ3v) is 5.43. The Morgan fingerprint density at radius 2 is 1.84 bits per heavy atom. The molecular formula is C23H24Cl2N4O3. The lowest BCUT2D eigenvalue weighted by Gasteiger charge is -2.12. The molecule has 0 aliphatic rings. The summed E-state index contributed by atoms with van der Waals surface area (Å²) in [6.07, 6.45) is 1.53. The van der Waals surface area contributed by atoms with Crippen LogP contribution in [0.25, 0.3) is 0 Å². The minimum Gasteiger partial charge on any atom is -0.492 e. The summed E-state index contributed by atoms with van der Waals surface area (Å²) in [5.41, 5.74) is 8.23. The Balaban J connectivity index is 1.62. The second-order valence-corrected chi connectivity index (χ2v) is 8.08. The van der Waals surface area contributed by atoms with Crippen LogP contribution in [-0.2, 0) is 30.8 Å². The first-order valence-corrected chi connectivity index (χ1v) is 10.8. The van der Waals surface area contributed by atoms with Gasteiger partial charge in [-0.15, -0.1) is 0 Å². The van der Waals surface area contributed by atoms with E-state index in [9.17, 15) is 9.59 Å². The maximum absolute atomic E-state index is 12.8. The smallest absolute Gasteiger partial charge is 0.270 e. The molecule has 7 nitrogen and oxygen atoms in total. The van der Waals surface area contributed by atoms with Crippen molar-refractivity contribution in [2.24, 2.45) is 5.73 Å². The molecule has 2 aromatic carbocycles. The normalized spacial score (nSPS) is 10.8. The van der Waals surface area contributed by atoms with Crippen molar-refractivity contribution < 1.29 is 9.53 Å². The summed E-state index contributed by atoms with van der Waals surface area (Å²) < 4.78 is 6.93. The number of amides is 1. The van der Waals surface area contributed by atoms with Crippen molar-refractivity contribution in [3.63, 3.8) is 0 Å². The van der Waals surface area contributed by atoms with Gasteiger partial charge < -0.3 is 15.8 Å². The molecule has 9 heteroatoms. The highest BCUT2D eigenvalue weighted by molar-refractivity contribution is 6.30. The minimum atomic E-state index is -0.315. The summed E-state index contributed by atoms with van der Waals surface area (Å²) in [6, 6.07) is 12.3. The molecule has 1 heterocycles. The molecule has 0 saturated heterocycles. The van der Waals surface area contributed by atoms with Gasteiger partial charge in [-0.2, -0.15) is 5.10 Å². The fraction of sp³-hybridized carbons (Fsp3) is 0.261. The summed E-state index contributed by atoms with van der Waals surface area (Å²) in [6.45, 7) is 2.88. The van der Waals surface area contributed by atoms with Gasteiger partial charge in [-0.3, -0.25) is 9.59 Å². The van der Waals surface area contributed by atoms with Crippen molar-refractivity contribution in [2.75, 3.05) is 6.61 Å². The second kappa shape index (κ2) is 11.1. The third kappa shape index (κ3) is 6.32. The van der Waals surface area contributed by atoms with Crippen molar-refractivity contribution in [2.45, 2.75) is 33.0 Å². The van der Waals surface area contributed by atoms with E-state index in [1.54, 1.807) is 49.5 Å². The van der Waals surface area contributed by atoms with Crippen molar-refractivity contribution in [1.29, 1.82) is 0 Å². The van der Waals surface area contributed by atoms with Crippen LogP contribution in [0.1, 0.15) is 22.3 Å². The molecule has 0 aliphatic heterocycles. The molecule has 3 rings (SSSR count). The summed E-state index contributed by atoms with van der Waals surface area (Å²) in [5, 5.41) is 8.18. The number of carbonyl (C=O) groups excluding carboxylic acids is 1. The van der Waals surface area contributed by atoms with E-state index in [0.29, 0.717) is 33.5 Å². The Morgan fingerprint density at radius 3 is 2.56 bits per heavy atom. The number of aryl methyl sites for hydroxylation is 1. The number of nitrogens with two attached hydrogens (primary N) is 1. The number of ether oxygens (including phenoxy) is 1. The maximum Gasteiger partial charge on any atom is 0.270 e. The highest BCUT2D eigenvalue weighted by Gasteiger charge is 2.14. The van der Waals surface area contributed by atoms with E-state index in [-0.39, 0.29) is 37.6 Å². The molecule has 3 N–H and O–H groups in total. The fourth-order valence-electron chi connectivity index (χ4n) is 3.14. The third-order valence-electron chi connectivity index (χ3n) is 4.95. The molecule has 0 spiro atoms. The molecule has 168 valence electrons. The SMILES string of the molecule is Cc1cnn(CCOc2ccc(Cl)cc2)c(=O)c1CC(=O)NCc1cc(Cl)ccc1CN. The van der Waals surface area contributed by atoms with Crippen LogP contribution in [0.5, 0.6) is 5.75 Å². The Kier molecular flexibility index (Phi) is 8.27. The number of nitrogens with zero attached hydrogens (tertiary/aromatic N) is 2. The number of nitrogens with one attached hydrogen (secondary N) is 1. The van der Waals surface area contributed by atoms with Gasteiger partial charge in [0.2, 0.25) is 5.91 Å². The number of hydrogen-bond acceptors (Lipinski definition) is 5. The highest BCUT2D eigenvalue weighted by Crippen LogP contribution is 2.16. The predicted molar refractivity (Wildman–Crippen MR) is 125 cm³/mol. The molecule has 0 radical (unpaired) electrons. The summed E-state index contributed by atoms with van der Waals surface area (Å²) in [4.78, 5) is 25.4. The highest BCUT2D eigenvalue weighted by atomic mass is 35.5. The van der Waals surface area contributed by atoms with E-state index in [4.69, 9.17) is 33.7 Å². The lowest BCUT2D eigenvalue weighted by Crippen LogP contribution is -2.33. The van der Waals surface area contributed by atoms with Gasteiger partial charge in [0.1, 0.15) is 12.4 Å². The van der Waals surface area contributed by atoms with Gasteiger partial charge in [-0.05, 0) is 60.0 Å². The zero-order chi connectivity index (χ0) is 23.1. The molecule has 0 aliphatic carbocycles. The predicted octanol–water partition coefficient (Wildman–Crippen LogP) is 3.26. The van der Waals surface area contributed by atoms with E-state index in [1.807, 2.05) is 6.07 Å². The summed E-state index contributed by atoms with van der Waals surface area (Å²) in [7, 11) is 0. The first-order valence-electron chi connectivity index (χ1n) is 10.1. The summed E-state index contributed by atoms with van der Waals surface area (Å²) >= 11 is 11.9. The zero-order valence-corrected chi connectivity index (χ0v) is 19.1. The van der Waals surface area contributed by atoms with E-state index < -0.39 is 0 Å². The van der Waals surface area contributed by atoms with Crippen LogP contribution in [0.15, 0.2) is 53.5 Å². The molecule has 0 unspecified atom stereocenters. The van der Waals surface area contributed by atoms with Crippen molar-refractivity contribution >= 4 is 29.1 Å². The molecule has 1 amide bonds. The van der Waals surface area contributed by atoms with Crippen LogP contribution in [0, 0.1) is 6.92 Å². The van der Waals surface area contributed by atoms with Crippen molar-refractivity contribution in [1.82, 2.24) is 15.1 Å². The fourth-order valence-corrected chi connectivity index (χ4v) is 3.46. The van der Waals surface area contributed by atoms with Gasteiger partial charge in [-0.1, -0.05) is 29.3 Å². The number of halogens is 2. The number of hydrogen-bond donors (Lipinski definition) is 2. The van der Waals surface area contributed by atoms with Crippen LogP contribution in [0.4, 0.5) is 0 Å². The molecular weight excluding hydrogens is 451 g/mol. The first-order chi connectivity index (χ1) is 15.4. The average Bonchev–Trinajstić information content (AvgIpc) is 2.78. The van der Waals surface area contributed by atoms with E-state index in [2.05, 4.69) is 10.4 Å². The Bertz CT molecular complexity index is 1150. The van der Waals surface area contributed by atoms with Crippen molar-refractivity contribution in [3.8, 4) is 5.75 Å². The van der Waals surface area contributed by atoms with E-state index >= 15 is 0 Å². The van der Waals surface area contributed by atoms with Crippen LogP contribution in [0.2, 0.25) is 10.0 Å². The van der Waals surface area contributed by atoms with Crippen LogP contribution < -0.4 is 21.3 Å². The monoisotopic (exact) mass is 474 g/mol. The number of carbonyl (C=O) groups is 1. The molecule has 0 fully saturated rings. The maximum atomic E-state index is 12.8. The Morgan fingerprint density at radius 1 is 1.12 bits per heavy atom. The molecule has 0 bridgehead atoms. The van der Waals surface area contributed by atoms with Gasteiger partial charge in [-0.25, -0.2) is 4.68 Å². The van der Waals surface area contributed by atoms with Crippen LogP contribution >= 0.6 is 23.2 Å². The number of benzene rings is 2. The zero-order valence-electron chi connectivity index (χ0n) is 17.6. The Hall–Kier alpha value is -2.87. The molecule has 0 atom stereocenters. The molecule has 3 aromatic rings. The van der Waals surface area contributed by atoms with Gasteiger partial charge in [0.25, 0.3) is 5.56 Å². The number of aromatic nitrogens is 2. The van der Waals surface area contributed by atoms with Gasteiger partial charge in [0.05, 0.1) is 19.2 Å². The van der Waals surface area contributed by atoms with E-state index in [1.165, 1.54) is 4.68 Å². The van der Waals surface area contributed by atoms with Gasteiger partial charge >= 0.3 is 0 Å². The lowest BCUT2D eigenvalue weighted by atomic mass is 10.1. The molecule has 0 saturated carbocycles. The topological polar surface area (TPSA) is 99.2 Å². The lowest BCUT2D eigenvalue weighted by molar-refractivity contribution is -0.120.